The first-order valence-corrected chi connectivity index (χ1v) is 16.9. The number of amides is 3. The van der Waals surface area contributed by atoms with Crippen LogP contribution in [0.15, 0.2) is 60.8 Å². The Kier molecular flexibility index (Phi) is 9.03. The second-order valence-corrected chi connectivity index (χ2v) is 14.0. The molecule has 7 rings (SSSR count). The van der Waals surface area contributed by atoms with Crippen LogP contribution in [-0.4, -0.2) is 64.7 Å². The molecule has 1 saturated heterocycles. The molecule has 2 unspecified atom stereocenters. The Hall–Kier alpha value is -4.54. The zero-order chi connectivity index (χ0) is 35.3. The third-order valence-electron chi connectivity index (χ3n) is 10.3. The van der Waals surface area contributed by atoms with E-state index >= 15 is 4.79 Å². The lowest BCUT2D eigenvalue weighted by Crippen LogP contribution is -2.64. The molecule has 50 heavy (non-hydrogen) atoms. The van der Waals surface area contributed by atoms with Crippen molar-refractivity contribution in [3.05, 3.63) is 88.6 Å². The average molecular weight is 709 g/mol. The van der Waals surface area contributed by atoms with Gasteiger partial charge in [0.05, 0.1) is 23.9 Å². The largest absolute Gasteiger partial charge is 0.351 e. The lowest BCUT2D eigenvalue weighted by molar-refractivity contribution is -0.134. The van der Waals surface area contributed by atoms with E-state index in [9.17, 15) is 32.4 Å². The number of carbonyl (C=O) groups is 3. The lowest BCUT2D eigenvalue weighted by atomic mass is 9.81. The fraction of sp³-hybridized carbons (Fsp3) is 0.417. The van der Waals surface area contributed by atoms with E-state index in [2.05, 4.69) is 10.3 Å². The number of halogens is 5. The Labute approximate surface area is 290 Å². The van der Waals surface area contributed by atoms with Crippen molar-refractivity contribution in [1.29, 1.82) is 5.26 Å². The van der Waals surface area contributed by atoms with Crippen LogP contribution in [0.2, 0.25) is 5.02 Å². The van der Waals surface area contributed by atoms with Crippen LogP contribution >= 0.6 is 11.6 Å². The Balaban J connectivity index is 1.34. The number of nitrogens with one attached hydrogen (secondary N) is 1. The van der Waals surface area contributed by atoms with E-state index < -0.39 is 66.2 Å². The zero-order valence-electron chi connectivity index (χ0n) is 26.7. The molecule has 3 aliphatic carbocycles. The highest BCUT2D eigenvalue weighted by Crippen LogP contribution is 2.50. The van der Waals surface area contributed by atoms with Gasteiger partial charge in [-0.15, -0.1) is 0 Å². The summed E-state index contributed by atoms with van der Waals surface area (Å²) >= 11 is 6.60. The number of pyridine rings is 1. The van der Waals surface area contributed by atoms with Gasteiger partial charge in [-0.2, -0.15) is 5.26 Å². The van der Waals surface area contributed by atoms with Gasteiger partial charge in [-0.1, -0.05) is 49.1 Å². The van der Waals surface area contributed by atoms with Gasteiger partial charge in [0.2, 0.25) is 11.8 Å². The summed E-state index contributed by atoms with van der Waals surface area (Å²) in [6.07, 6.45) is 4.28. The number of nitrogens with zero attached hydrogens (tertiary/aromatic N) is 5. The van der Waals surface area contributed by atoms with Crippen molar-refractivity contribution in [1.82, 2.24) is 15.2 Å². The molecule has 260 valence electrons. The predicted octanol–water partition coefficient (Wildman–Crippen LogP) is 5.78. The second-order valence-electron chi connectivity index (χ2n) is 13.6. The van der Waals surface area contributed by atoms with Crippen LogP contribution in [0.3, 0.4) is 0 Å². The minimum atomic E-state index is -2.98. The monoisotopic (exact) mass is 708 g/mol. The van der Waals surface area contributed by atoms with Crippen molar-refractivity contribution in [2.45, 2.75) is 68.6 Å². The molecule has 3 aromatic rings. The first-order valence-electron chi connectivity index (χ1n) is 16.6. The average Bonchev–Trinajstić information content (AvgIpc) is 3.81. The quantitative estimate of drug-likeness (QED) is 0.283. The van der Waals surface area contributed by atoms with Gasteiger partial charge >= 0.3 is 0 Å². The molecular formula is C36H33ClF4N6O3. The van der Waals surface area contributed by atoms with Gasteiger partial charge in [0.25, 0.3) is 11.8 Å². The molecular weight excluding hydrogens is 676 g/mol. The maximum absolute atomic E-state index is 15.2. The van der Waals surface area contributed by atoms with Gasteiger partial charge in [-0.3, -0.25) is 29.1 Å². The van der Waals surface area contributed by atoms with Crippen LogP contribution in [0.5, 0.6) is 0 Å². The number of hydrogen-bond acceptors (Lipinski definition) is 6. The summed E-state index contributed by atoms with van der Waals surface area (Å²) in [6.45, 7) is -0.0357. The molecule has 1 N–H and O–H groups in total. The summed E-state index contributed by atoms with van der Waals surface area (Å²) < 4.78 is 57.5. The Bertz CT molecular complexity index is 1860. The number of aromatic nitrogens is 1. The topological polar surface area (TPSA) is 110 Å². The van der Waals surface area contributed by atoms with Crippen molar-refractivity contribution < 1.29 is 31.9 Å². The van der Waals surface area contributed by atoms with Crippen molar-refractivity contribution in [2.24, 2.45) is 11.8 Å². The van der Waals surface area contributed by atoms with Crippen LogP contribution < -0.4 is 15.1 Å². The van der Waals surface area contributed by atoms with Crippen molar-refractivity contribution in [3.63, 3.8) is 0 Å². The van der Waals surface area contributed by atoms with Gasteiger partial charge in [-0.05, 0) is 48.6 Å². The first-order chi connectivity index (χ1) is 23.9. The van der Waals surface area contributed by atoms with Crippen LogP contribution in [0.1, 0.15) is 55.7 Å². The Morgan fingerprint density at radius 2 is 1.80 bits per heavy atom. The first kappa shape index (κ1) is 33.9. The SMILES string of the molecule is N#Cc1ccnc(N2C(=O)CN(C3CC3C3CCC3)C[C@H]2C(=O)N(c2cc(F)cc(F)c2)[C@H](C(=O)NC2CC(F)(F)C2)c2ccccc2Cl)c1. The number of piperazine rings is 1. The number of alkyl halides is 2. The number of carbonyl (C=O) groups excluding carboxylic acids is 3. The minimum Gasteiger partial charge on any atom is -0.351 e. The summed E-state index contributed by atoms with van der Waals surface area (Å²) in [5.41, 5.74) is -0.106. The molecule has 14 heteroatoms. The highest BCUT2D eigenvalue weighted by Gasteiger charge is 2.53. The zero-order valence-corrected chi connectivity index (χ0v) is 27.5. The van der Waals surface area contributed by atoms with Crippen LogP contribution in [-0.2, 0) is 14.4 Å². The maximum atomic E-state index is 15.2. The van der Waals surface area contributed by atoms with E-state index in [1.54, 1.807) is 12.1 Å². The number of rotatable bonds is 9. The van der Waals surface area contributed by atoms with E-state index in [0.29, 0.717) is 17.9 Å². The molecule has 0 bridgehead atoms. The summed E-state index contributed by atoms with van der Waals surface area (Å²) in [5.74, 6) is -6.43. The molecule has 0 radical (unpaired) electrons. The van der Waals surface area contributed by atoms with Gasteiger partial charge in [0.1, 0.15) is 29.5 Å². The molecule has 1 aliphatic heterocycles. The van der Waals surface area contributed by atoms with Crippen molar-refractivity contribution in [3.8, 4) is 6.07 Å². The lowest BCUT2D eigenvalue weighted by Gasteiger charge is -2.44. The summed E-state index contributed by atoms with van der Waals surface area (Å²) in [5, 5.41) is 12.2. The van der Waals surface area contributed by atoms with Gasteiger partial charge < -0.3 is 5.32 Å². The summed E-state index contributed by atoms with van der Waals surface area (Å²) in [7, 11) is 0. The fourth-order valence-electron chi connectivity index (χ4n) is 7.52. The normalized spacial score (nSPS) is 24.0. The number of nitriles is 1. The van der Waals surface area contributed by atoms with E-state index in [1.165, 1.54) is 30.5 Å². The molecule has 9 nitrogen and oxygen atoms in total. The Morgan fingerprint density at radius 3 is 2.44 bits per heavy atom. The molecule has 2 heterocycles. The molecule has 4 aliphatic rings. The van der Waals surface area contributed by atoms with E-state index in [1.807, 2.05) is 11.0 Å². The maximum Gasteiger partial charge on any atom is 0.252 e. The molecule has 3 amide bonds. The molecule has 0 spiro atoms. The summed E-state index contributed by atoms with van der Waals surface area (Å²) in [6, 6.07) is 9.28. The molecule has 4 atom stereocenters. The fourth-order valence-corrected chi connectivity index (χ4v) is 7.75. The third-order valence-corrected chi connectivity index (χ3v) is 10.6. The van der Waals surface area contributed by atoms with E-state index in [4.69, 9.17) is 11.6 Å². The highest BCUT2D eigenvalue weighted by molar-refractivity contribution is 6.31. The smallest absolute Gasteiger partial charge is 0.252 e. The van der Waals surface area contributed by atoms with Gasteiger partial charge in [-0.25, -0.2) is 22.5 Å². The molecule has 3 saturated carbocycles. The minimum absolute atomic E-state index is 0.00305. The number of anilines is 2. The van der Waals surface area contributed by atoms with Crippen molar-refractivity contribution >= 4 is 40.8 Å². The molecule has 2 aromatic carbocycles. The summed E-state index contributed by atoms with van der Waals surface area (Å²) in [4.78, 5) is 51.7. The predicted molar refractivity (Wildman–Crippen MR) is 175 cm³/mol. The van der Waals surface area contributed by atoms with Crippen LogP contribution in [0, 0.1) is 34.8 Å². The van der Waals surface area contributed by atoms with Gasteiger partial charge in [0.15, 0.2) is 0 Å². The molecule has 1 aromatic heterocycles. The number of benzene rings is 2. The third kappa shape index (κ3) is 6.66. The second kappa shape index (κ2) is 13.3. The highest BCUT2D eigenvalue weighted by atomic mass is 35.5. The standard InChI is InChI=1S/C36H33ClF4N6O3/c37-28-7-2-1-6-26(28)33(34(49)44-24-15-36(40,41)16-24)46(25-12-22(38)11-23(39)13-25)35(50)30-18-45(29-14-27(29)21-4-3-5-21)19-32(48)47(30)31-10-20(17-42)8-9-43-31/h1-2,6-13,21,24,27,29-30,33H,3-5,14-16,18-19H2,(H,44,49)/t27?,29?,30-,33-/m0/s1. The number of hydrogen-bond donors (Lipinski definition) is 1. The van der Waals surface area contributed by atoms with E-state index in [-0.39, 0.29) is 46.8 Å². The molecule has 4 fully saturated rings. The van der Waals surface area contributed by atoms with E-state index in [0.717, 1.165) is 47.6 Å². The van der Waals surface area contributed by atoms with Gasteiger partial charge in [0, 0.05) is 54.3 Å². The Morgan fingerprint density at radius 1 is 1.08 bits per heavy atom. The van der Waals surface area contributed by atoms with Crippen LogP contribution in [0.25, 0.3) is 0 Å². The van der Waals surface area contributed by atoms with Crippen molar-refractivity contribution in [2.75, 3.05) is 22.9 Å². The van der Waals surface area contributed by atoms with Crippen LogP contribution in [0.4, 0.5) is 29.1 Å².